The van der Waals surface area contributed by atoms with E-state index in [-0.39, 0.29) is 17.6 Å². The summed E-state index contributed by atoms with van der Waals surface area (Å²) in [5, 5.41) is 11.0. The van der Waals surface area contributed by atoms with Crippen molar-refractivity contribution in [1.29, 1.82) is 0 Å². The summed E-state index contributed by atoms with van der Waals surface area (Å²) in [6.45, 7) is 3.59. The summed E-state index contributed by atoms with van der Waals surface area (Å²) in [6, 6.07) is 20.2. The van der Waals surface area contributed by atoms with Gasteiger partial charge in [-0.15, -0.1) is 0 Å². The second-order valence-corrected chi connectivity index (χ2v) is 7.55. The van der Waals surface area contributed by atoms with Crippen LogP contribution in [0.25, 0.3) is 16.7 Å². The lowest BCUT2D eigenvalue weighted by Crippen LogP contribution is -2.29. The van der Waals surface area contributed by atoms with Crippen molar-refractivity contribution in [3.63, 3.8) is 0 Å². The van der Waals surface area contributed by atoms with Gasteiger partial charge >= 0.3 is 0 Å². The van der Waals surface area contributed by atoms with Gasteiger partial charge in [-0.05, 0) is 55.8 Å². The molecule has 0 saturated heterocycles. The van der Waals surface area contributed by atoms with Gasteiger partial charge in [0.15, 0.2) is 0 Å². The zero-order valence-corrected chi connectivity index (χ0v) is 17.5. The summed E-state index contributed by atoms with van der Waals surface area (Å²) in [5.41, 5.74) is 4.85. The van der Waals surface area contributed by atoms with Gasteiger partial charge in [0.25, 0.3) is 11.6 Å². The number of nitrogens with zero attached hydrogens (tertiary/aromatic N) is 4. The number of benzene rings is 3. The van der Waals surface area contributed by atoms with E-state index in [1.54, 1.807) is 31.3 Å². The van der Waals surface area contributed by atoms with Gasteiger partial charge in [0, 0.05) is 29.9 Å². The Hall–Kier alpha value is -4.00. The standard InChI is InChI=1S/C24H22N4O3/c1-16-14-19(10-13-22(16)28(30)31)24(29)26(3)17(2)18-8-11-20(12-9-18)27-15-25-21-6-4-5-7-23(21)27/h4-15,17H,1-3H3/t17-/m0/s1. The number of carbonyl (C=O) groups is 1. The fourth-order valence-corrected chi connectivity index (χ4v) is 3.67. The van der Waals surface area contributed by atoms with E-state index < -0.39 is 4.92 Å². The van der Waals surface area contributed by atoms with E-state index in [4.69, 9.17) is 0 Å². The number of rotatable bonds is 5. The first-order valence-electron chi connectivity index (χ1n) is 9.91. The van der Waals surface area contributed by atoms with Crippen molar-refractivity contribution in [2.45, 2.75) is 19.9 Å². The highest BCUT2D eigenvalue weighted by molar-refractivity contribution is 5.94. The Labute approximate surface area is 179 Å². The average molecular weight is 414 g/mol. The van der Waals surface area contributed by atoms with Gasteiger partial charge < -0.3 is 4.90 Å². The van der Waals surface area contributed by atoms with Crippen LogP contribution in [0.5, 0.6) is 0 Å². The lowest BCUT2D eigenvalue weighted by atomic mass is 10.0. The Morgan fingerprint density at radius 2 is 1.81 bits per heavy atom. The number of para-hydroxylation sites is 2. The average Bonchev–Trinajstić information content (AvgIpc) is 3.21. The molecule has 3 aromatic carbocycles. The highest BCUT2D eigenvalue weighted by Crippen LogP contribution is 2.25. The number of aromatic nitrogens is 2. The number of nitro benzene ring substituents is 1. The second-order valence-electron chi connectivity index (χ2n) is 7.55. The van der Waals surface area contributed by atoms with Crippen LogP contribution in [0.4, 0.5) is 5.69 Å². The van der Waals surface area contributed by atoms with Crippen molar-refractivity contribution in [1.82, 2.24) is 14.5 Å². The topological polar surface area (TPSA) is 81.3 Å². The summed E-state index contributed by atoms with van der Waals surface area (Å²) in [4.78, 5) is 29.6. The summed E-state index contributed by atoms with van der Waals surface area (Å²) in [6.07, 6.45) is 1.80. The van der Waals surface area contributed by atoms with Crippen LogP contribution in [0.1, 0.15) is 34.5 Å². The minimum Gasteiger partial charge on any atom is -0.335 e. The number of nitro groups is 1. The van der Waals surface area contributed by atoms with Gasteiger partial charge in [0.1, 0.15) is 6.33 Å². The van der Waals surface area contributed by atoms with E-state index >= 15 is 0 Å². The summed E-state index contributed by atoms with van der Waals surface area (Å²) < 4.78 is 2.03. The molecule has 0 bridgehead atoms. The maximum Gasteiger partial charge on any atom is 0.272 e. The Morgan fingerprint density at radius 3 is 2.48 bits per heavy atom. The third kappa shape index (κ3) is 3.77. The molecule has 7 heteroatoms. The maximum absolute atomic E-state index is 12.9. The molecule has 0 spiro atoms. The molecule has 0 unspecified atom stereocenters. The highest BCUT2D eigenvalue weighted by Gasteiger charge is 2.21. The Balaban J connectivity index is 1.55. The van der Waals surface area contributed by atoms with Gasteiger partial charge in [0.2, 0.25) is 0 Å². The third-order valence-electron chi connectivity index (χ3n) is 5.65. The number of hydrogen-bond acceptors (Lipinski definition) is 4. The summed E-state index contributed by atoms with van der Waals surface area (Å²) in [5.74, 6) is -0.185. The molecule has 4 rings (SSSR count). The van der Waals surface area contributed by atoms with Crippen molar-refractivity contribution in [3.05, 3.63) is 99.9 Å². The predicted molar refractivity (Wildman–Crippen MR) is 119 cm³/mol. The molecule has 1 aromatic heterocycles. The van der Waals surface area contributed by atoms with Gasteiger partial charge in [-0.2, -0.15) is 0 Å². The van der Waals surface area contributed by atoms with Crippen molar-refractivity contribution >= 4 is 22.6 Å². The number of hydrogen-bond donors (Lipinski definition) is 0. The second kappa shape index (κ2) is 8.02. The molecule has 156 valence electrons. The molecular weight excluding hydrogens is 392 g/mol. The number of aryl methyl sites for hydroxylation is 1. The van der Waals surface area contributed by atoms with E-state index in [2.05, 4.69) is 4.98 Å². The fraction of sp³-hybridized carbons (Fsp3) is 0.167. The molecule has 31 heavy (non-hydrogen) atoms. The lowest BCUT2D eigenvalue weighted by molar-refractivity contribution is -0.385. The van der Waals surface area contributed by atoms with Crippen LogP contribution in [0.15, 0.2) is 73.1 Å². The largest absolute Gasteiger partial charge is 0.335 e. The van der Waals surface area contributed by atoms with Crippen molar-refractivity contribution < 1.29 is 9.72 Å². The molecule has 1 atom stereocenters. The van der Waals surface area contributed by atoms with Crippen LogP contribution in [-0.4, -0.2) is 32.3 Å². The zero-order valence-electron chi connectivity index (χ0n) is 17.5. The first-order valence-corrected chi connectivity index (χ1v) is 9.91. The number of carbonyl (C=O) groups excluding carboxylic acids is 1. The van der Waals surface area contributed by atoms with Crippen LogP contribution in [0.3, 0.4) is 0 Å². The van der Waals surface area contributed by atoms with Gasteiger partial charge in [-0.1, -0.05) is 24.3 Å². The molecular formula is C24H22N4O3. The molecule has 0 radical (unpaired) electrons. The SMILES string of the molecule is Cc1cc(C(=O)N(C)[C@@H](C)c2ccc(-n3cnc4ccccc43)cc2)ccc1[N+](=O)[O-]. The van der Waals surface area contributed by atoms with Crippen LogP contribution >= 0.6 is 0 Å². The normalized spacial score (nSPS) is 12.0. The summed E-state index contributed by atoms with van der Waals surface area (Å²) >= 11 is 0. The molecule has 0 N–H and O–H groups in total. The molecule has 1 heterocycles. The minimum absolute atomic E-state index is 0.00914. The van der Waals surface area contributed by atoms with Crippen molar-refractivity contribution in [3.8, 4) is 5.69 Å². The molecule has 0 aliphatic heterocycles. The van der Waals surface area contributed by atoms with E-state index in [0.717, 1.165) is 22.3 Å². The zero-order chi connectivity index (χ0) is 22.1. The van der Waals surface area contributed by atoms with E-state index in [1.165, 1.54) is 12.1 Å². The molecule has 0 aliphatic rings. The monoisotopic (exact) mass is 414 g/mol. The Morgan fingerprint density at radius 1 is 1.10 bits per heavy atom. The number of imidazole rings is 1. The molecule has 0 aliphatic carbocycles. The van der Waals surface area contributed by atoms with E-state index in [9.17, 15) is 14.9 Å². The Kier molecular flexibility index (Phi) is 5.25. The molecule has 0 fully saturated rings. The minimum atomic E-state index is -0.443. The van der Waals surface area contributed by atoms with E-state index in [1.807, 2.05) is 60.0 Å². The van der Waals surface area contributed by atoms with Crippen LogP contribution in [0.2, 0.25) is 0 Å². The van der Waals surface area contributed by atoms with Crippen LogP contribution < -0.4 is 0 Å². The lowest BCUT2D eigenvalue weighted by Gasteiger charge is -2.26. The maximum atomic E-state index is 12.9. The van der Waals surface area contributed by atoms with Crippen molar-refractivity contribution in [2.24, 2.45) is 0 Å². The third-order valence-corrected chi connectivity index (χ3v) is 5.65. The van der Waals surface area contributed by atoms with Gasteiger partial charge in [-0.3, -0.25) is 19.5 Å². The Bertz CT molecular complexity index is 1280. The predicted octanol–water partition coefficient (Wildman–Crippen LogP) is 5.08. The van der Waals surface area contributed by atoms with E-state index in [0.29, 0.717) is 11.1 Å². The smallest absolute Gasteiger partial charge is 0.272 e. The van der Waals surface area contributed by atoms with Crippen molar-refractivity contribution in [2.75, 3.05) is 7.05 Å². The first-order chi connectivity index (χ1) is 14.9. The highest BCUT2D eigenvalue weighted by atomic mass is 16.6. The molecule has 0 saturated carbocycles. The first kappa shape index (κ1) is 20.3. The number of fused-ring (bicyclic) bond motifs is 1. The molecule has 1 amide bonds. The van der Waals surface area contributed by atoms with Gasteiger partial charge in [0.05, 0.1) is 22.0 Å². The van der Waals surface area contributed by atoms with Crippen LogP contribution in [0, 0.1) is 17.0 Å². The molecule has 4 aromatic rings. The number of amides is 1. The quantitative estimate of drug-likeness (QED) is 0.337. The fourth-order valence-electron chi connectivity index (χ4n) is 3.67. The molecule has 7 nitrogen and oxygen atoms in total. The summed E-state index contributed by atoms with van der Waals surface area (Å²) in [7, 11) is 1.74. The van der Waals surface area contributed by atoms with Gasteiger partial charge in [-0.25, -0.2) is 4.98 Å². The van der Waals surface area contributed by atoms with Crippen LogP contribution in [-0.2, 0) is 0 Å².